The molecule has 114 valence electrons. The predicted octanol–water partition coefficient (Wildman–Crippen LogP) is -0.715. The zero-order chi connectivity index (χ0) is 15.9. The molecule has 21 heavy (non-hydrogen) atoms. The van der Waals surface area contributed by atoms with Crippen LogP contribution in [0.3, 0.4) is 0 Å². The molecule has 0 fully saturated rings. The summed E-state index contributed by atoms with van der Waals surface area (Å²) in [5.41, 5.74) is 6.21. The number of hydrogen-bond donors (Lipinski definition) is 4. The van der Waals surface area contributed by atoms with E-state index in [0.29, 0.717) is 11.1 Å². The lowest BCUT2D eigenvalue weighted by molar-refractivity contribution is 0.249. The van der Waals surface area contributed by atoms with E-state index in [1.165, 1.54) is 12.1 Å². The van der Waals surface area contributed by atoms with Crippen molar-refractivity contribution in [3.05, 3.63) is 29.3 Å². The number of benzene rings is 1. The van der Waals surface area contributed by atoms with Gasteiger partial charge in [0.05, 0.1) is 4.90 Å². The van der Waals surface area contributed by atoms with Crippen molar-refractivity contribution in [2.24, 2.45) is 5.73 Å². The maximum absolute atomic E-state index is 12.0. The van der Waals surface area contributed by atoms with E-state index in [-0.39, 0.29) is 24.6 Å². The molecule has 0 radical (unpaired) electrons. The quantitative estimate of drug-likeness (QED) is 0.424. The van der Waals surface area contributed by atoms with E-state index in [2.05, 4.69) is 21.9 Å². The molecule has 8 heteroatoms. The Balaban J connectivity index is 2.79. The lowest BCUT2D eigenvalue weighted by Gasteiger charge is -2.08. The minimum absolute atomic E-state index is 0.0381. The van der Waals surface area contributed by atoms with Crippen LogP contribution in [0.4, 0.5) is 4.79 Å². The summed E-state index contributed by atoms with van der Waals surface area (Å²) >= 11 is 0. The van der Waals surface area contributed by atoms with Gasteiger partial charge in [0, 0.05) is 18.7 Å². The fourth-order valence-corrected chi connectivity index (χ4v) is 2.65. The van der Waals surface area contributed by atoms with Gasteiger partial charge in [0.15, 0.2) is 0 Å². The summed E-state index contributed by atoms with van der Waals surface area (Å²) in [6.45, 7) is 1.62. The second-order valence-corrected chi connectivity index (χ2v) is 5.89. The van der Waals surface area contributed by atoms with E-state index in [0.717, 1.165) is 0 Å². The Bertz CT molecular complexity index is 674. The van der Waals surface area contributed by atoms with E-state index >= 15 is 0 Å². The third-order valence-corrected chi connectivity index (χ3v) is 3.99. The Hall–Kier alpha value is -2.08. The second-order valence-electron chi connectivity index (χ2n) is 4.13. The smallest absolute Gasteiger partial charge is 0.312 e. The first-order valence-electron chi connectivity index (χ1n) is 6.10. The topological polar surface area (TPSA) is 122 Å². The molecule has 0 aliphatic carbocycles. The predicted molar refractivity (Wildman–Crippen MR) is 77.9 cm³/mol. The number of nitrogens with two attached hydrogens (primary N) is 1. The first-order chi connectivity index (χ1) is 9.86. The second kappa shape index (κ2) is 7.64. The van der Waals surface area contributed by atoms with E-state index in [9.17, 15) is 13.2 Å². The van der Waals surface area contributed by atoms with E-state index in [4.69, 9.17) is 10.8 Å². The van der Waals surface area contributed by atoms with Crippen LogP contribution in [-0.2, 0) is 10.0 Å². The van der Waals surface area contributed by atoms with Crippen LogP contribution in [0.1, 0.15) is 11.1 Å². The van der Waals surface area contributed by atoms with Crippen LogP contribution in [0.5, 0.6) is 0 Å². The van der Waals surface area contributed by atoms with Gasteiger partial charge in [-0.15, -0.1) is 0 Å². The molecule has 0 aliphatic heterocycles. The highest BCUT2D eigenvalue weighted by Crippen LogP contribution is 2.14. The Morgan fingerprint density at radius 3 is 2.67 bits per heavy atom. The highest BCUT2D eigenvalue weighted by Gasteiger charge is 2.14. The highest BCUT2D eigenvalue weighted by molar-refractivity contribution is 7.89. The fourth-order valence-electron chi connectivity index (χ4n) is 1.53. The first-order valence-corrected chi connectivity index (χ1v) is 7.58. The number of aliphatic hydroxyl groups is 1. The van der Waals surface area contributed by atoms with E-state index < -0.39 is 16.1 Å². The Labute approximate surface area is 123 Å². The molecule has 1 aromatic carbocycles. The molecule has 1 rings (SSSR count). The Morgan fingerprint density at radius 1 is 1.38 bits per heavy atom. The number of carbonyl (C=O) groups excluding carboxylic acids is 1. The van der Waals surface area contributed by atoms with Crippen LogP contribution >= 0.6 is 0 Å². The molecule has 2 amide bonds. The maximum Gasteiger partial charge on any atom is 0.312 e. The van der Waals surface area contributed by atoms with Gasteiger partial charge in [-0.25, -0.2) is 17.9 Å². The normalized spacial score (nSPS) is 10.6. The lowest BCUT2D eigenvalue weighted by Crippen LogP contribution is -2.37. The number of hydrogen-bond acceptors (Lipinski definition) is 4. The van der Waals surface area contributed by atoms with Gasteiger partial charge in [-0.05, 0) is 30.7 Å². The average Bonchev–Trinajstić information content (AvgIpc) is 2.42. The number of amides is 2. The van der Waals surface area contributed by atoms with Gasteiger partial charge in [0.25, 0.3) is 0 Å². The lowest BCUT2D eigenvalue weighted by atomic mass is 10.1. The molecule has 0 aromatic heterocycles. The molecule has 0 spiro atoms. The number of urea groups is 1. The van der Waals surface area contributed by atoms with Gasteiger partial charge in [-0.3, -0.25) is 0 Å². The van der Waals surface area contributed by atoms with Crippen molar-refractivity contribution < 1.29 is 18.3 Å². The van der Waals surface area contributed by atoms with E-state index in [1.807, 2.05) is 0 Å². The number of carbonyl (C=O) groups is 1. The van der Waals surface area contributed by atoms with Gasteiger partial charge >= 0.3 is 6.03 Å². The van der Waals surface area contributed by atoms with Crippen molar-refractivity contribution in [1.82, 2.24) is 10.0 Å². The van der Waals surface area contributed by atoms with Crippen molar-refractivity contribution in [3.63, 3.8) is 0 Å². The van der Waals surface area contributed by atoms with Crippen LogP contribution in [0, 0.1) is 18.8 Å². The first kappa shape index (κ1) is 17.0. The number of primary amides is 1. The van der Waals surface area contributed by atoms with Crippen LogP contribution in [0.25, 0.3) is 0 Å². The molecule has 0 saturated carbocycles. The molecule has 0 bridgehead atoms. The minimum atomic E-state index is -3.66. The molecule has 0 atom stereocenters. The summed E-state index contributed by atoms with van der Waals surface area (Å²) in [6, 6.07) is 3.79. The van der Waals surface area contributed by atoms with Gasteiger partial charge in [0.1, 0.15) is 6.61 Å². The summed E-state index contributed by atoms with van der Waals surface area (Å²) in [5.74, 6) is 5.23. The van der Waals surface area contributed by atoms with Crippen LogP contribution in [0.2, 0.25) is 0 Å². The van der Waals surface area contributed by atoms with E-state index in [1.54, 1.807) is 13.0 Å². The van der Waals surface area contributed by atoms with Crippen LogP contribution < -0.4 is 15.8 Å². The third-order valence-electron chi connectivity index (χ3n) is 2.53. The van der Waals surface area contributed by atoms with Gasteiger partial charge in [-0.1, -0.05) is 11.8 Å². The third kappa shape index (κ3) is 5.43. The fraction of sp³-hybridized carbons (Fsp3) is 0.308. The van der Waals surface area contributed by atoms with Crippen molar-refractivity contribution in [2.45, 2.75) is 11.8 Å². The Kier molecular flexibility index (Phi) is 6.17. The van der Waals surface area contributed by atoms with Gasteiger partial charge in [-0.2, -0.15) is 0 Å². The standard InChI is InChI=1S/C13H17N3O4S/c1-10-9-12(5-4-11(10)3-2-8-17)21(19,20)16-7-6-15-13(14)18/h4-5,9,16-17H,6-8H2,1H3,(H3,14,15,18). The molecule has 5 N–H and O–H groups in total. The average molecular weight is 311 g/mol. The molecule has 0 unspecified atom stereocenters. The molecule has 1 aromatic rings. The molecule has 0 aliphatic rings. The highest BCUT2D eigenvalue weighted by atomic mass is 32.2. The number of nitrogens with one attached hydrogen (secondary N) is 2. The van der Waals surface area contributed by atoms with Crippen LogP contribution in [0.15, 0.2) is 23.1 Å². The SMILES string of the molecule is Cc1cc(S(=O)(=O)NCCNC(N)=O)ccc1C#CCO. The summed E-state index contributed by atoms with van der Waals surface area (Å²) in [5, 5.41) is 10.9. The molecule has 7 nitrogen and oxygen atoms in total. The monoisotopic (exact) mass is 311 g/mol. The largest absolute Gasteiger partial charge is 0.384 e. The Morgan fingerprint density at radius 2 is 2.10 bits per heavy atom. The van der Waals surface area contributed by atoms with Crippen molar-refractivity contribution in [2.75, 3.05) is 19.7 Å². The van der Waals surface area contributed by atoms with Gasteiger partial charge in [0.2, 0.25) is 10.0 Å². The van der Waals surface area contributed by atoms with Crippen molar-refractivity contribution in [1.29, 1.82) is 0 Å². The number of aliphatic hydroxyl groups excluding tert-OH is 1. The minimum Gasteiger partial charge on any atom is -0.384 e. The van der Waals surface area contributed by atoms with Crippen molar-refractivity contribution in [3.8, 4) is 11.8 Å². The molecule has 0 heterocycles. The summed E-state index contributed by atoms with van der Waals surface area (Å²) in [6.07, 6.45) is 0. The summed E-state index contributed by atoms with van der Waals surface area (Å²) in [4.78, 5) is 10.6. The van der Waals surface area contributed by atoms with Gasteiger partial charge < -0.3 is 16.2 Å². The van der Waals surface area contributed by atoms with Crippen LogP contribution in [-0.4, -0.2) is 39.3 Å². The summed E-state index contributed by atoms with van der Waals surface area (Å²) < 4.78 is 26.4. The van der Waals surface area contributed by atoms with Crippen molar-refractivity contribution >= 4 is 16.1 Å². The summed E-state index contributed by atoms with van der Waals surface area (Å²) in [7, 11) is -3.66. The number of sulfonamides is 1. The molecular weight excluding hydrogens is 294 g/mol. The molecule has 0 saturated heterocycles. The molecular formula is C13H17N3O4S. The maximum atomic E-state index is 12.0. The zero-order valence-electron chi connectivity index (χ0n) is 11.5. The number of rotatable bonds is 5. The number of aryl methyl sites for hydroxylation is 1. The zero-order valence-corrected chi connectivity index (χ0v) is 12.3.